The van der Waals surface area contributed by atoms with E-state index in [1.54, 1.807) is 25.6 Å². The third-order valence-electron chi connectivity index (χ3n) is 2.34. The first-order valence-corrected chi connectivity index (χ1v) is 8.21. The zero-order valence-corrected chi connectivity index (χ0v) is 14.7. The Kier molecular flexibility index (Phi) is 17.9. The van der Waals surface area contributed by atoms with Gasteiger partial charge in [-0.2, -0.15) is 11.8 Å². The summed E-state index contributed by atoms with van der Waals surface area (Å²) in [6, 6.07) is -2.13. The lowest BCUT2D eigenvalue weighted by Gasteiger charge is -2.07. The van der Waals surface area contributed by atoms with Gasteiger partial charge in [0.2, 0.25) is 0 Å². The van der Waals surface area contributed by atoms with E-state index < -0.39 is 36.0 Å². The third kappa shape index (κ3) is 20.6. The lowest BCUT2D eigenvalue weighted by molar-refractivity contribution is -0.140. The Labute approximate surface area is 140 Å². The van der Waals surface area contributed by atoms with Crippen molar-refractivity contribution in [1.82, 2.24) is 0 Å². The molecule has 0 aliphatic rings. The molecule has 0 rings (SSSR count). The molecule has 10 heteroatoms. The van der Waals surface area contributed by atoms with Gasteiger partial charge in [-0.3, -0.25) is 14.4 Å². The fraction of sp³-hybridized carbons (Fsp3) is 0.769. The molecule has 0 aliphatic heterocycles. The highest BCUT2D eigenvalue weighted by Gasteiger charge is 2.14. The van der Waals surface area contributed by atoms with Crippen molar-refractivity contribution in [3.05, 3.63) is 0 Å². The second kappa shape index (κ2) is 15.5. The minimum absolute atomic E-state index is 0.0208. The largest absolute Gasteiger partial charge is 0.480 e. The minimum atomic E-state index is -0.963. The predicted octanol–water partition coefficient (Wildman–Crippen LogP) is -0.376. The van der Waals surface area contributed by atoms with E-state index in [-0.39, 0.29) is 5.92 Å². The molecule has 23 heavy (non-hydrogen) atoms. The lowest BCUT2D eigenvalue weighted by Crippen LogP contribution is -2.34. The van der Waals surface area contributed by atoms with E-state index in [0.717, 1.165) is 5.75 Å². The molecule has 0 fully saturated rings. The first kappa shape index (κ1) is 26.5. The van der Waals surface area contributed by atoms with Gasteiger partial charge in [0.15, 0.2) is 0 Å². The van der Waals surface area contributed by atoms with Crippen LogP contribution >= 0.6 is 11.8 Å². The topological polar surface area (TPSA) is 190 Å². The first-order valence-electron chi connectivity index (χ1n) is 6.82. The fourth-order valence-electron chi connectivity index (χ4n) is 0.653. The van der Waals surface area contributed by atoms with Gasteiger partial charge in [0, 0.05) is 0 Å². The van der Waals surface area contributed by atoms with Crippen LogP contribution in [0.15, 0.2) is 0 Å². The molecule has 0 saturated heterocycles. The molecule has 0 saturated carbocycles. The number of carbonyl (C=O) groups is 3. The van der Waals surface area contributed by atoms with Gasteiger partial charge in [0.05, 0.1) is 0 Å². The number of hydrogen-bond donors (Lipinski definition) is 6. The highest BCUT2D eigenvalue weighted by molar-refractivity contribution is 7.98. The van der Waals surface area contributed by atoms with E-state index in [4.69, 9.17) is 32.5 Å². The van der Waals surface area contributed by atoms with Crippen molar-refractivity contribution in [2.45, 2.75) is 45.3 Å². The quantitative estimate of drug-likeness (QED) is 0.351. The molecular formula is C13H29N3O6S. The van der Waals surface area contributed by atoms with Crippen LogP contribution in [-0.2, 0) is 14.4 Å². The molecular weight excluding hydrogens is 326 g/mol. The van der Waals surface area contributed by atoms with Gasteiger partial charge < -0.3 is 32.5 Å². The molecule has 0 amide bonds. The molecule has 9 N–H and O–H groups in total. The third-order valence-corrected chi connectivity index (χ3v) is 2.99. The summed E-state index contributed by atoms with van der Waals surface area (Å²) in [7, 11) is 0. The number of hydrogen-bond acceptors (Lipinski definition) is 7. The van der Waals surface area contributed by atoms with Crippen LogP contribution in [0.2, 0.25) is 0 Å². The van der Waals surface area contributed by atoms with Crippen LogP contribution in [0.5, 0.6) is 0 Å². The summed E-state index contributed by atoms with van der Waals surface area (Å²) in [6.07, 6.45) is 2.48. The van der Waals surface area contributed by atoms with Crippen molar-refractivity contribution < 1.29 is 29.7 Å². The molecule has 0 aromatic carbocycles. The molecule has 0 unspecified atom stereocenters. The average Bonchev–Trinajstić information content (AvgIpc) is 2.44. The van der Waals surface area contributed by atoms with E-state index in [1.165, 1.54) is 6.92 Å². The lowest BCUT2D eigenvalue weighted by atomic mass is 10.1. The van der Waals surface area contributed by atoms with Gasteiger partial charge in [-0.1, -0.05) is 13.8 Å². The molecule has 138 valence electrons. The fourth-order valence-corrected chi connectivity index (χ4v) is 1.14. The van der Waals surface area contributed by atoms with Crippen LogP contribution < -0.4 is 17.2 Å². The summed E-state index contributed by atoms with van der Waals surface area (Å²) in [6.45, 7) is 4.97. The van der Waals surface area contributed by atoms with Crippen LogP contribution in [0, 0.1) is 5.92 Å². The van der Waals surface area contributed by atoms with Crippen LogP contribution in [0.4, 0.5) is 0 Å². The summed E-state index contributed by atoms with van der Waals surface area (Å²) in [5, 5.41) is 24.4. The van der Waals surface area contributed by atoms with Crippen molar-refractivity contribution in [3.63, 3.8) is 0 Å². The summed E-state index contributed by atoms with van der Waals surface area (Å²) in [5.74, 6) is -1.97. The van der Waals surface area contributed by atoms with Gasteiger partial charge in [-0.25, -0.2) is 0 Å². The summed E-state index contributed by atoms with van der Waals surface area (Å²) in [5.41, 5.74) is 15.2. The Balaban J connectivity index is -0.000000266. The zero-order valence-electron chi connectivity index (χ0n) is 13.9. The van der Waals surface area contributed by atoms with E-state index in [0.29, 0.717) is 6.42 Å². The molecule has 0 spiro atoms. The van der Waals surface area contributed by atoms with Crippen molar-refractivity contribution in [2.75, 3.05) is 12.0 Å². The van der Waals surface area contributed by atoms with Crippen molar-refractivity contribution in [2.24, 2.45) is 23.1 Å². The number of nitrogens with two attached hydrogens (primary N) is 3. The number of thioether (sulfide) groups is 1. The maximum atomic E-state index is 10.1. The summed E-state index contributed by atoms with van der Waals surface area (Å²) >= 11 is 1.60. The first-order chi connectivity index (χ1) is 10.4. The maximum absolute atomic E-state index is 10.1. The highest BCUT2D eigenvalue weighted by Crippen LogP contribution is 1.98. The molecule has 0 aliphatic carbocycles. The maximum Gasteiger partial charge on any atom is 0.320 e. The molecule has 0 heterocycles. The number of carboxylic acids is 3. The van der Waals surface area contributed by atoms with Gasteiger partial charge in [-0.05, 0) is 31.3 Å². The normalized spacial score (nSPS) is 13.6. The Morgan fingerprint density at radius 1 is 0.913 bits per heavy atom. The summed E-state index contributed by atoms with van der Waals surface area (Å²) in [4.78, 5) is 29.7. The SMILES string of the molecule is CC(C)[C@H](N)C(=O)O.CSCC[C@H](N)C(=O)O.C[C@H](N)C(=O)O. The van der Waals surface area contributed by atoms with E-state index >= 15 is 0 Å². The molecule has 0 aromatic rings. The summed E-state index contributed by atoms with van der Waals surface area (Å²) < 4.78 is 0. The highest BCUT2D eigenvalue weighted by atomic mass is 32.2. The van der Waals surface area contributed by atoms with Gasteiger partial charge in [-0.15, -0.1) is 0 Å². The molecule has 0 aromatic heterocycles. The van der Waals surface area contributed by atoms with E-state index in [9.17, 15) is 14.4 Å². The van der Waals surface area contributed by atoms with Crippen molar-refractivity contribution in [1.29, 1.82) is 0 Å². The Hall–Kier alpha value is -1.36. The Morgan fingerprint density at radius 3 is 1.43 bits per heavy atom. The second-order valence-electron chi connectivity index (χ2n) is 4.96. The smallest absolute Gasteiger partial charge is 0.320 e. The standard InChI is InChI=1S/C5H11NO2S.C5H11NO2.C3H7NO2/c1-9-3-2-4(6)5(7)8;1-3(2)4(6)5(7)8;1-2(4)3(5)6/h4H,2-3,6H2,1H3,(H,7,8);3-4H,6H2,1-2H3,(H,7,8);2H,4H2,1H3,(H,5,6)/t2*4-;2-/m000/s1. The molecule has 0 bridgehead atoms. The van der Waals surface area contributed by atoms with Gasteiger partial charge in [0.1, 0.15) is 18.1 Å². The van der Waals surface area contributed by atoms with Crippen LogP contribution in [-0.4, -0.2) is 63.4 Å². The molecule has 9 nitrogen and oxygen atoms in total. The monoisotopic (exact) mass is 355 g/mol. The number of carboxylic acid groups (broad SMARTS) is 3. The van der Waals surface area contributed by atoms with Crippen LogP contribution in [0.25, 0.3) is 0 Å². The molecule has 0 radical (unpaired) electrons. The Morgan fingerprint density at radius 2 is 1.30 bits per heavy atom. The van der Waals surface area contributed by atoms with Gasteiger partial charge in [0.25, 0.3) is 0 Å². The predicted molar refractivity (Wildman–Crippen MR) is 90.3 cm³/mol. The number of rotatable bonds is 7. The number of aliphatic carboxylic acids is 3. The van der Waals surface area contributed by atoms with Crippen LogP contribution in [0.3, 0.4) is 0 Å². The van der Waals surface area contributed by atoms with Crippen molar-refractivity contribution >= 4 is 29.7 Å². The van der Waals surface area contributed by atoms with Crippen LogP contribution in [0.1, 0.15) is 27.2 Å². The zero-order chi connectivity index (χ0) is 19.2. The minimum Gasteiger partial charge on any atom is -0.480 e. The second-order valence-corrected chi connectivity index (χ2v) is 5.95. The van der Waals surface area contributed by atoms with E-state index in [2.05, 4.69) is 0 Å². The molecule has 3 atom stereocenters. The Bertz CT molecular complexity index is 353. The van der Waals surface area contributed by atoms with E-state index in [1.807, 2.05) is 6.26 Å². The average molecular weight is 355 g/mol. The van der Waals surface area contributed by atoms with Gasteiger partial charge >= 0.3 is 17.9 Å². The van der Waals surface area contributed by atoms with Crippen molar-refractivity contribution in [3.8, 4) is 0 Å².